The van der Waals surface area contributed by atoms with Gasteiger partial charge in [0.2, 0.25) is 11.8 Å². The Kier molecular flexibility index (Phi) is 32.0. The minimum atomic E-state index is 0.207. The smallest absolute Gasteiger partial charge is 0.220 e. The minimum absolute atomic E-state index is 0.207. The summed E-state index contributed by atoms with van der Waals surface area (Å²) in [6, 6.07) is 0.242. The van der Waals surface area contributed by atoms with Crippen molar-refractivity contribution in [2.45, 2.75) is 220 Å². The third-order valence-corrected chi connectivity index (χ3v) is 8.93. The maximum atomic E-state index is 12.5. The molecule has 0 spiro atoms. The van der Waals surface area contributed by atoms with Gasteiger partial charge in [-0.05, 0) is 38.0 Å². The Hall–Kier alpha value is -1.06. The first kappa shape index (κ1) is 40.9. The number of amides is 2. The monoisotopic (exact) mass is 593 g/mol. The summed E-state index contributed by atoms with van der Waals surface area (Å²) >= 11 is 0. The highest BCUT2D eigenvalue weighted by Crippen LogP contribution is 2.15. The summed E-state index contributed by atoms with van der Waals surface area (Å²) in [6.45, 7) is 9.71. The van der Waals surface area contributed by atoms with Crippen LogP contribution in [0.25, 0.3) is 0 Å². The Bertz CT molecular complexity index is 577. The quantitative estimate of drug-likeness (QED) is 0.0745. The van der Waals surface area contributed by atoms with Crippen LogP contribution in [0.5, 0.6) is 0 Å². The molecule has 2 N–H and O–H groups in total. The van der Waals surface area contributed by atoms with Crippen LogP contribution in [-0.2, 0) is 9.59 Å². The van der Waals surface area contributed by atoms with E-state index in [1.807, 2.05) is 0 Å². The number of rotatable bonds is 33. The molecule has 0 aromatic rings. The van der Waals surface area contributed by atoms with Crippen LogP contribution in [0.2, 0.25) is 0 Å². The van der Waals surface area contributed by atoms with Crippen LogP contribution in [-0.4, -0.2) is 24.4 Å². The van der Waals surface area contributed by atoms with E-state index in [1.54, 1.807) is 0 Å². The molecule has 4 heteroatoms. The zero-order valence-corrected chi connectivity index (χ0v) is 29.2. The van der Waals surface area contributed by atoms with Crippen LogP contribution < -0.4 is 10.6 Å². The summed E-state index contributed by atoms with van der Waals surface area (Å²) in [5.41, 5.74) is 0. The fourth-order valence-electron chi connectivity index (χ4n) is 5.91. The van der Waals surface area contributed by atoms with Crippen molar-refractivity contribution in [3.05, 3.63) is 0 Å². The average Bonchev–Trinajstić information content (AvgIpc) is 2.97. The number of carbonyl (C=O) groups excluding carboxylic acids is 2. The van der Waals surface area contributed by atoms with E-state index < -0.39 is 0 Å². The number of hydrogen-bond acceptors (Lipinski definition) is 2. The summed E-state index contributed by atoms with van der Waals surface area (Å²) in [6.07, 6.45) is 36.1. The molecule has 0 fully saturated rings. The number of nitrogens with one attached hydrogen (secondary N) is 2. The van der Waals surface area contributed by atoms with Gasteiger partial charge in [0.25, 0.3) is 0 Å². The molecule has 0 rings (SSSR count). The fourth-order valence-corrected chi connectivity index (χ4v) is 5.91. The van der Waals surface area contributed by atoms with Crippen molar-refractivity contribution in [2.24, 2.45) is 5.92 Å². The molecule has 1 atom stereocenters. The molecule has 0 aromatic carbocycles. The van der Waals surface area contributed by atoms with Gasteiger partial charge in [0.15, 0.2) is 0 Å². The second-order valence-electron chi connectivity index (χ2n) is 13.5. The standard InChI is InChI=1S/C38H76N2O2/c1-5-7-9-11-13-15-17-18-20-21-23-25-27-32-37(41)39-34-30-29-31-36(35(3)4)40-38(42)33-28-26-24-22-19-16-14-12-10-8-6-2/h35-36H,5-34H2,1-4H3,(H,39,41)(H,40,42)/t36-/m0/s1. The third-order valence-electron chi connectivity index (χ3n) is 8.93. The molecule has 0 unspecified atom stereocenters. The molecule has 0 bridgehead atoms. The van der Waals surface area contributed by atoms with Crippen LogP contribution in [0, 0.1) is 5.92 Å². The first-order valence-electron chi connectivity index (χ1n) is 19.1. The lowest BCUT2D eigenvalue weighted by Crippen LogP contribution is -2.38. The van der Waals surface area contributed by atoms with Crippen LogP contribution in [0.1, 0.15) is 214 Å². The first-order valence-corrected chi connectivity index (χ1v) is 19.1. The minimum Gasteiger partial charge on any atom is -0.356 e. The van der Waals surface area contributed by atoms with E-state index in [0.717, 1.165) is 38.6 Å². The zero-order chi connectivity index (χ0) is 30.9. The molecule has 42 heavy (non-hydrogen) atoms. The molecular formula is C38H76N2O2. The molecule has 0 saturated heterocycles. The molecule has 2 amide bonds. The van der Waals surface area contributed by atoms with E-state index in [0.29, 0.717) is 18.8 Å². The summed E-state index contributed by atoms with van der Waals surface area (Å²) in [5, 5.41) is 6.40. The lowest BCUT2D eigenvalue weighted by Gasteiger charge is -2.22. The van der Waals surface area contributed by atoms with E-state index in [2.05, 4.69) is 38.3 Å². The van der Waals surface area contributed by atoms with Gasteiger partial charge in [0, 0.05) is 25.4 Å². The van der Waals surface area contributed by atoms with Gasteiger partial charge in [0.05, 0.1) is 0 Å². The van der Waals surface area contributed by atoms with E-state index in [9.17, 15) is 9.59 Å². The lowest BCUT2D eigenvalue weighted by atomic mass is 9.98. The van der Waals surface area contributed by atoms with Gasteiger partial charge in [0.1, 0.15) is 0 Å². The normalized spacial score (nSPS) is 12.1. The van der Waals surface area contributed by atoms with E-state index >= 15 is 0 Å². The van der Waals surface area contributed by atoms with Crippen LogP contribution in [0.4, 0.5) is 0 Å². The lowest BCUT2D eigenvalue weighted by molar-refractivity contribution is -0.122. The molecule has 0 heterocycles. The highest BCUT2D eigenvalue weighted by atomic mass is 16.2. The van der Waals surface area contributed by atoms with Crippen molar-refractivity contribution in [1.29, 1.82) is 0 Å². The fraction of sp³-hybridized carbons (Fsp3) is 0.947. The van der Waals surface area contributed by atoms with E-state index in [1.165, 1.54) is 141 Å². The van der Waals surface area contributed by atoms with Crippen molar-refractivity contribution >= 4 is 11.8 Å². The topological polar surface area (TPSA) is 58.2 Å². The number of carbonyl (C=O) groups is 2. The second-order valence-corrected chi connectivity index (χ2v) is 13.5. The maximum absolute atomic E-state index is 12.5. The maximum Gasteiger partial charge on any atom is 0.220 e. The predicted octanol–water partition coefficient (Wildman–Crippen LogP) is 11.6. The van der Waals surface area contributed by atoms with Gasteiger partial charge < -0.3 is 10.6 Å². The highest BCUT2D eigenvalue weighted by Gasteiger charge is 2.15. The van der Waals surface area contributed by atoms with Gasteiger partial charge in [-0.25, -0.2) is 0 Å². The first-order chi connectivity index (χ1) is 20.5. The molecule has 0 aromatic heterocycles. The van der Waals surface area contributed by atoms with Gasteiger partial charge in [-0.15, -0.1) is 0 Å². The molecule has 4 nitrogen and oxygen atoms in total. The summed E-state index contributed by atoms with van der Waals surface area (Å²) in [7, 11) is 0. The second kappa shape index (κ2) is 32.8. The summed E-state index contributed by atoms with van der Waals surface area (Å²) in [4.78, 5) is 24.7. The summed E-state index contributed by atoms with van der Waals surface area (Å²) < 4.78 is 0. The molecule has 0 radical (unpaired) electrons. The van der Waals surface area contributed by atoms with E-state index in [4.69, 9.17) is 0 Å². The van der Waals surface area contributed by atoms with Crippen LogP contribution >= 0.6 is 0 Å². The van der Waals surface area contributed by atoms with Crippen molar-refractivity contribution in [3.63, 3.8) is 0 Å². The Morgan fingerprint density at radius 2 is 0.810 bits per heavy atom. The molecule has 0 aliphatic heterocycles. The Balaban J connectivity index is 3.61. The van der Waals surface area contributed by atoms with E-state index in [-0.39, 0.29) is 17.9 Å². The molecule has 250 valence electrons. The zero-order valence-electron chi connectivity index (χ0n) is 29.2. The summed E-state index contributed by atoms with van der Waals surface area (Å²) in [5.74, 6) is 0.867. The third kappa shape index (κ3) is 30.4. The van der Waals surface area contributed by atoms with Crippen molar-refractivity contribution in [1.82, 2.24) is 10.6 Å². The Labute approximate surface area is 264 Å². The SMILES string of the molecule is CCCCCCCCCCCCCCCC(=O)NCCCC[C@H](NC(=O)CCCCCCCCCCCCC)C(C)C. The highest BCUT2D eigenvalue weighted by molar-refractivity contribution is 5.76. The Morgan fingerprint density at radius 3 is 1.19 bits per heavy atom. The molecule has 0 aliphatic carbocycles. The van der Waals surface area contributed by atoms with Crippen molar-refractivity contribution in [3.8, 4) is 0 Å². The molecule has 0 saturated carbocycles. The van der Waals surface area contributed by atoms with Gasteiger partial charge >= 0.3 is 0 Å². The van der Waals surface area contributed by atoms with Gasteiger partial charge in [-0.2, -0.15) is 0 Å². The van der Waals surface area contributed by atoms with Crippen molar-refractivity contribution < 1.29 is 9.59 Å². The Morgan fingerprint density at radius 1 is 0.452 bits per heavy atom. The molecular weight excluding hydrogens is 516 g/mol. The molecule has 0 aliphatic rings. The average molecular weight is 593 g/mol. The number of hydrogen-bond donors (Lipinski definition) is 2. The van der Waals surface area contributed by atoms with Crippen LogP contribution in [0.3, 0.4) is 0 Å². The van der Waals surface area contributed by atoms with Crippen LogP contribution in [0.15, 0.2) is 0 Å². The van der Waals surface area contributed by atoms with Gasteiger partial charge in [-0.3, -0.25) is 9.59 Å². The largest absolute Gasteiger partial charge is 0.356 e. The number of unbranched alkanes of at least 4 members (excludes halogenated alkanes) is 23. The van der Waals surface area contributed by atoms with Gasteiger partial charge in [-0.1, -0.05) is 169 Å². The van der Waals surface area contributed by atoms with Crippen molar-refractivity contribution in [2.75, 3.05) is 6.54 Å². The predicted molar refractivity (Wildman–Crippen MR) is 185 cm³/mol.